The number of hydrogen-bond acceptors (Lipinski definition) is 3. The number of aliphatic hydroxyl groups excluding tert-OH is 1. The molecule has 0 aromatic heterocycles. The second-order valence-corrected chi connectivity index (χ2v) is 5.50. The van der Waals surface area contributed by atoms with Gasteiger partial charge >= 0.3 is 11.9 Å². The van der Waals surface area contributed by atoms with E-state index in [1.54, 1.807) is 0 Å². The van der Waals surface area contributed by atoms with Gasteiger partial charge in [0.2, 0.25) is 0 Å². The molecular formula is C16H22O5. The van der Waals surface area contributed by atoms with Gasteiger partial charge in [0.1, 0.15) is 0 Å². The Balaban J connectivity index is 0.000000219. The van der Waals surface area contributed by atoms with Gasteiger partial charge in [-0.25, -0.2) is 9.59 Å². The van der Waals surface area contributed by atoms with Crippen molar-refractivity contribution in [3.05, 3.63) is 35.4 Å². The molecule has 0 spiro atoms. The minimum Gasteiger partial charge on any atom is -0.478 e. The van der Waals surface area contributed by atoms with Crippen LogP contribution in [0.4, 0.5) is 0 Å². The van der Waals surface area contributed by atoms with Gasteiger partial charge in [-0.1, -0.05) is 19.8 Å². The monoisotopic (exact) mass is 294 g/mol. The smallest absolute Gasteiger partial charge is 0.335 e. The number of aliphatic hydroxyl groups is 1. The first-order valence-corrected chi connectivity index (χ1v) is 7.11. The van der Waals surface area contributed by atoms with Gasteiger partial charge in [-0.05, 0) is 48.9 Å². The molecule has 0 amide bonds. The Bertz CT molecular complexity index is 425. The largest absolute Gasteiger partial charge is 0.478 e. The Hall–Kier alpha value is -1.88. The van der Waals surface area contributed by atoms with Crippen LogP contribution in [-0.2, 0) is 0 Å². The molecule has 0 radical (unpaired) electrons. The maximum atomic E-state index is 10.3. The van der Waals surface area contributed by atoms with Crippen LogP contribution in [0.15, 0.2) is 24.3 Å². The van der Waals surface area contributed by atoms with Crippen molar-refractivity contribution in [3.8, 4) is 0 Å². The Kier molecular flexibility index (Phi) is 6.88. The van der Waals surface area contributed by atoms with Gasteiger partial charge in [-0.15, -0.1) is 0 Å². The van der Waals surface area contributed by atoms with Crippen LogP contribution in [0.25, 0.3) is 0 Å². The van der Waals surface area contributed by atoms with Crippen molar-refractivity contribution in [2.24, 2.45) is 11.8 Å². The fraction of sp³-hybridized carbons (Fsp3) is 0.500. The van der Waals surface area contributed by atoms with Crippen LogP contribution >= 0.6 is 0 Å². The molecule has 1 aliphatic rings. The quantitative estimate of drug-likeness (QED) is 0.796. The van der Waals surface area contributed by atoms with Crippen LogP contribution in [0.5, 0.6) is 0 Å². The highest BCUT2D eigenvalue weighted by Gasteiger charge is 2.16. The van der Waals surface area contributed by atoms with Crippen LogP contribution in [0.3, 0.4) is 0 Å². The van der Waals surface area contributed by atoms with Gasteiger partial charge in [0.15, 0.2) is 0 Å². The summed E-state index contributed by atoms with van der Waals surface area (Å²) in [5.41, 5.74) is 0.167. The van der Waals surface area contributed by atoms with Crippen molar-refractivity contribution < 1.29 is 24.9 Å². The standard InChI is InChI=1S/C8H6O4.C8H16O/c9-7(10)5-1-2-6(4-3-5)8(11)12;1-7-2-4-8(6-9)5-3-7/h1-4H,(H,9,10)(H,11,12);7-9H,2-6H2,1H3. The lowest BCUT2D eigenvalue weighted by Gasteiger charge is -2.23. The number of rotatable bonds is 3. The van der Waals surface area contributed by atoms with Crippen LogP contribution in [0.2, 0.25) is 0 Å². The summed E-state index contributed by atoms with van der Waals surface area (Å²) in [5.74, 6) is -0.590. The summed E-state index contributed by atoms with van der Waals surface area (Å²) in [6.07, 6.45) is 5.14. The zero-order chi connectivity index (χ0) is 15.8. The summed E-state index contributed by atoms with van der Waals surface area (Å²) in [6.45, 7) is 2.71. The molecule has 2 rings (SSSR count). The highest BCUT2D eigenvalue weighted by molar-refractivity contribution is 5.91. The molecule has 21 heavy (non-hydrogen) atoms. The molecule has 1 fully saturated rings. The molecule has 3 N–H and O–H groups in total. The van der Waals surface area contributed by atoms with E-state index in [0.29, 0.717) is 12.5 Å². The maximum Gasteiger partial charge on any atom is 0.335 e. The zero-order valence-corrected chi connectivity index (χ0v) is 12.2. The maximum absolute atomic E-state index is 10.3. The number of carboxylic acid groups (broad SMARTS) is 2. The molecule has 116 valence electrons. The highest BCUT2D eigenvalue weighted by atomic mass is 16.4. The third-order valence-electron chi connectivity index (χ3n) is 3.77. The normalized spacial score (nSPS) is 21.0. The van der Waals surface area contributed by atoms with Gasteiger partial charge in [0, 0.05) is 6.61 Å². The SMILES string of the molecule is CC1CCC(CO)CC1.O=C(O)c1ccc(C(=O)O)cc1. The number of carbonyl (C=O) groups is 2. The molecular weight excluding hydrogens is 272 g/mol. The van der Waals surface area contributed by atoms with E-state index >= 15 is 0 Å². The average Bonchev–Trinajstić information content (AvgIpc) is 2.49. The van der Waals surface area contributed by atoms with Crippen LogP contribution < -0.4 is 0 Å². The van der Waals surface area contributed by atoms with Crippen LogP contribution in [0.1, 0.15) is 53.3 Å². The summed E-state index contributed by atoms with van der Waals surface area (Å²) in [6, 6.07) is 5.02. The lowest BCUT2D eigenvalue weighted by atomic mass is 9.84. The first-order valence-electron chi connectivity index (χ1n) is 7.11. The fourth-order valence-corrected chi connectivity index (χ4v) is 2.27. The Labute approximate surface area is 124 Å². The third kappa shape index (κ3) is 5.95. The van der Waals surface area contributed by atoms with Gasteiger partial charge in [-0.2, -0.15) is 0 Å². The van der Waals surface area contributed by atoms with E-state index in [4.69, 9.17) is 15.3 Å². The molecule has 0 aliphatic heterocycles. The van der Waals surface area contributed by atoms with Crippen molar-refractivity contribution in [2.75, 3.05) is 6.61 Å². The van der Waals surface area contributed by atoms with Crippen molar-refractivity contribution in [1.82, 2.24) is 0 Å². The Morgan fingerprint density at radius 2 is 1.33 bits per heavy atom. The van der Waals surface area contributed by atoms with E-state index in [2.05, 4.69) is 6.92 Å². The Morgan fingerprint density at radius 1 is 0.952 bits per heavy atom. The predicted molar refractivity (Wildman–Crippen MR) is 78.6 cm³/mol. The molecule has 1 aromatic rings. The van der Waals surface area contributed by atoms with Crippen molar-refractivity contribution >= 4 is 11.9 Å². The van der Waals surface area contributed by atoms with E-state index in [0.717, 1.165) is 5.92 Å². The third-order valence-corrected chi connectivity index (χ3v) is 3.77. The molecule has 1 saturated carbocycles. The molecule has 0 heterocycles. The first kappa shape index (κ1) is 17.2. The van der Waals surface area contributed by atoms with E-state index in [1.165, 1.54) is 49.9 Å². The predicted octanol–water partition coefficient (Wildman–Crippen LogP) is 2.89. The fourth-order valence-electron chi connectivity index (χ4n) is 2.27. The van der Waals surface area contributed by atoms with E-state index in [1.807, 2.05) is 0 Å². The highest BCUT2D eigenvalue weighted by Crippen LogP contribution is 2.27. The molecule has 0 bridgehead atoms. The van der Waals surface area contributed by atoms with Gasteiger partial charge in [-0.3, -0.25) is 0 Å². The molecule has 1 aromatic carbocycles. The van der Waals surface area contributed by atoms with E-state index < -0.39 is 11.9 Å². The second kappa shape index (κ2) is 8.42. The topological polar surface area (TPSA) is 94.8 Å². The summed E-state index contributed by atoms with van der Waals surface area (Å²) in [7, 11) is 0. The second-order valence-electron chi connectivity index (χ2n) is 5.50. The lowest BCUT2D eigenvalue weighted by Crippen LogP contribution is -2.14. The van der Waals surface area contributed by atoms with E-state index in [9.17, 15) is 9.59 Å². The first-order chi connectivity index (χ1) is 9.93. The molecule has 5 heteroatoms. The molecule has 0 saturated heterocycles. The molecule has 0 unspecified atom stereocenters. The summed E-state index contributed by atoms with van der Waals surface area (Å²) < 4.78 is 0. The number of hydrogen-bond donors (Lipinski definition) is 3. The zero-order valence-electron chi connectivity index (χ0n) is 12.2. The number of benzene rings is 1. The lowest BCUT2D eigenvalue weighted by molar-refractivity contribution is 0.0681. The van der Waals surface area contributed by atoms with Gasteiger partial charge in [0.25, 0.3) is 0 Å². The summed E-state index contributed by atoms with van der Waals surface area (Å²) in [5, 5.41) is 25.7. The number of aromatic carboxylic acids is 2. The van der Waals surface area contributed by atoms with E-state index in [-0.39, 0.29) is 11.1 Å². The average molecular weight is 294 g/mol. The minimum atomic E-state index is -1.06. The van der Waals surface area contributed by atoms with Gasteiger partial charge in [0.05, 0.1) is 11.1 Å². The van der Waals surface area contributed by atoms with Crippen LogP contribution in [0, 0.1) is 11.8 Å². The summed E-state index contributed by atoms with van der Waals surface area (Å²) >= 11 is 0. The van der Waals surface area contributed by atoms with Gasteiger partial charge < -0.3 is 15.3 Å². The minimum absolute atomic E-state index is 0.0833. The van der Waals surface area contributed by atoms with Crippen LogP contribution in [-0.4, -0.2) is 33.9 Å². The van der Waals surface area contributed by atoms with Crippen molar-refractivity contribution in [2.45, 2.75) is 32.6 Å². The van der Waals surface area contributed by atoms with Crippen molar-refractivity contribution in [1.29, 1.82) is 0 Å². The summed E-state index contributed by atoms with van der Waals surface area (Å²) in [4.78, 5) is 20.7. The molecule has 1 aliphatic carbocycles. The molecule has 0 atom stereocenters. The molecule has 5 nitrogen and oxygen atoms in total. The van der Waals surface area contributed by atoms with Crippen molar-refractivity contribution in [3.63, 3.8) is 0 Å². The Morgan fingerprint density at radius 3 is 1.62 bits per heavy atom. The number of carboxylic acids is 2.